The summed E-state index contributed by atoms with van der Waals surface area (Å²) in [6, 6.07) is 0. The van der Waals surface area contributed by atoms with Crippen molar-refractivity contribution < 1.29 is 44.6 Å². The van der Waals surface area contributed by atoms with Crippen molar-refractivity contribution in [2.75, 3.05) is 0 Å². The minimum Gasteiger partial charge on any atom is -0.481 e. The first-order valence-corrected chi connectivity index (χ1v) is 18.3. The Kier molecular flexibility index (Phi) is 7.59. The van der Waals surface area contributed by atoms with Gasteiger partial charge in [-0.2, -0.15) is 0 Å². The molecule has 5 N–H and O–H groups in total. The summed E-state index contributed by atoms with van der Waals surface area (Å²) < 4.78 is 12.1. The third-order valence-corrected chi connectivity index (χ3v) is 16.4. The maximum absolute atomic E-state index is 13.1. The molecule has 7 aliphatic rings. The highest BCUT2D eigenvalue weighted by Gasteiger charge is 2.73. The van der Waals surface area contributed by atoms with Crippen LogP contribution in [0.5, 0.6) is 0 Å². The summed E-state index contributed by atoms with van der Waals surface area (Å²) in [6.45, 7) is 16.7. The van der Waals surface area contributed by atoms with E-state index in [1.54, 1.807) is 0 Å². The number of aliphatic hydroxyl groups is 3. The molecule has 0 bridgehead atoms. The molecule has 1 aliphatic heterocycles. The third-order valence-electron chi connectivity index (χ3n) is 16.4. The van der Waals surface area contributed by atoms with Gasteiger partial charge in [0.1, 0.15) is 18.3 Å². The molecule has 0 aromatic rings. The van der Waals surface area contributed by atoms with E-state index in [-0.39, 0.29) is 39.1 Å². The Morgan fingerprint density at radius 3 is 2.19 bits per heavy atom. The van der Waals surface area contributed by atoms with Gasteiger partial charge in [0.15, 0.2) is 12.4 Å². The maximum atomic E-state index is 13.1. The average Bonchev–Trinajstić information content (AvgIpc) is 2.97. The van der Waals surface area contributed by atoms with Crippen molar-refractivity contribution in [1.82, 2.24) is 0 Å². The van der Waals surface area contributed by atoms with Crippen LogP contribution in [0.25, 0.3) is 0 Å². The van der Waals surface area contributed by atoms with Crippen LogP contribution < -0.4 is 0 Å². The van der Waals surface area contributed by atoms with Crippen LogP contribution in [0, 0.1) is 62.1 Å². The Bertz CT molecular complexity index is 1360. The van der Waals surface area contributed by atoms with Gasteiger partial charge >= 0.3 is 11.9 Å². The number of carboxylic acids is 2. The zero-order valence-electron chi connectivity index (χ0n) is 29.4. The average molecular weight is 659 g/mol. The molecule has 15 unspecified atom stereocenters. The molecule has 1 saturated heterocycles. The topological polar surface area (TPSA) is 154 Å². The number of allylic oxidation sites excluding steroid dienone is 2. The molecule has 9 nitrogen and oxygen atoms in total. The third kappa shape index (κ3) is 4.37. The first-order valence-electron chi connectivity index (χ1n) is 18.3. The molecule has 7 rings (SSSR count). The quantitative estimate of drug-likeness (QED) is 0.197. The van der Waals surface area contributed by atoms with Gasteiger partial charge in [-0.3, -0.25) is 4.79 Å². The molecular weight excluding hydrogens is 600 g/mol. The van der Waals surface area contributed by atoms with Crippen molar-refractivity contribution in [2.24, 2.45) is 62.1 Å². The van der Waals surface area contributed by atoms with E-state index >= 15 is 0 Å². The van der Waals surface area contributed by atoms with Crippen LogP contribution in [0.3, 0.4) is 0 Å². The van der Waals surface area contributed by atoms with Crippen molar-refractivity contribution in [1.29, 1.82) is 0 Å². The molecule has 47 heavy (non-hydrogen) atoms. The molecule has 0 aromatic carbocycles. The summed E-state index contributed by atoms with van der Waals surface area (Å²) in [4.78, 5) is 24.9. The molecule has 5 saturated carbocycles. The molecule has 9 heteroatoms. The van der Waals surface area contributed by atoms with E-state index in [4.69, 9.17) is 9.47 Å². The number of aliphatic carboxylic acids is 2. The van der Waals surface area contributed by atoms with E-state index in [0.29, 0.717) is 23.7 Å². The van der Waals surface area contributed by atoms with Crippen molar-refractivity contribution in [3.05, 3.63) is 11.6 Å². The van der Waals surface area contributed by atoms with Crippen LogP contribution in [0.1, 0.15) is 113 Å². The molecule has 1 heterocycles. The van der Waals surface area contributed by atoms with Crippen LogP contribution in [0.4, 0.5) is 0 Å². The smallest absolute Gasteiger partial charge is 0.335 e. The Morgan fingerprint density at radius 2 is 1.53 bits per heavy atom. The standard InChI is InChI=1S/C38H58O9/c1-33(2)12-14-38(32(44)45)15-13-35(5)21(22(38)18-33)16-19-8-9-20-17-24(46-31-27(41)25(39)26(40)28(47-31)30(42)43)34(3,4)23-10-11-36(35,6)29(19)37(20,23)7/h16,19-20,22-29,31,39-41H,8-15,17-18H2,1-7H3,(H,42,43)(H,44,45). The van der Waals surface area contributed by atoms with Gasteiger partial charge < -0.3 is 35.0 Å². The van der Waals surface area contributed by atoms with Crippen LogP contribution in [0.15, 0.2) is 11.6 Å². The SMILES string of the molecule is CC1(C)CCC2(C(=O)O)CCC3(C)C(=CC4CCC5CC(OC6OC(C(=O)O)C(O)C(O)C6O)C(C)(C)C6CCC3(C)C4C56C)C2C1. The van der Waals surface area contributed by atoms with E-state index in [9.17, 15) is 35.1 Å². The molecular formula is C38H58O9. The van der Waals surface area contributed by atoms with Crippen LogP contribution >= 0.6 is 0 Å². The number of fused-ring (bicyclic) bond motifs is 4. The van der Waals surface area contributed by atoms with Gasteiger partial charge in [-0.15, -0.1) is 0 Å². The minimum absolute atomic E-state index is 0.0167. The zero-order chi connectivity index (χ0) is 34.3. The number of carbonyl (C=O) groups is 2. The second-order valence-corrected chi connectivity index (χ2v) is 19.0. The fourth-order valence-electron chi connectivity index (χ4n) is 13.6. The maximum Gasteiger partial charge on any atom is 0.335 e. The summed E-state index contributed by atoms with van der Waals surface area (Å²) >= 11 is 0. The van der Waals surface area contributed by atoms with Gasteiger partial charge in [0.25, 0.3) is 0 Å². The Balaban J connectivity index is 1.24. The lowest BCUT2D eigenvalue weighted by Crippen LogP contribution is -2.70. The lowest BCUT2D eigenvalue weighted by atomic mass is 9.29. The van der Waals surface area contributed by atoms with E-state index < -0.39 is 48.1 Å². The van der Waals surface area contributed by atoms with Crippen molar-refractivity contribution in [3.63, 3.8) is 0 Å². The van der Waals surface area contributed by atoms with Crippen LogP contribution in [-0.2, 0) is 19.1 Å². The van der Waals surface area contributed by atoms with Crippen LogP contribution in [0.2, 0.25) is 0 Å². The second kappa shape index (κ2) is 10.5. The lowest BCUT2D eigenvalue weighted by Gasteiger charge is -2.75. The number of carboxylic acid groups (broad SMARTS) is 2. The second-order valence-electron chi connectivity index (χ2n) is 19.0. The zero-order valence-corrected chi connectivity index (χ0v) is 29.4. The normalized spacial score (nSPS) is 54.3. The lowest BCUT2D eigenvalue weighted by molar-refractivity contribution is -0.332. The fourth-order valence-corrected chi connectivity index (χ4v) is 13.6. The predicted octanol–water partition coefficient (Wildman–Crippen LogP) is 5.40. The number of hydrogen-bond donors (Lipinski definition) is 5. The molecule has 0 spiro atoms. The minimum atomic E-state index is -1.75. The summed E-state index contributed by atoms with van der Waals surface area (Å²) in [6.07, 6.45) is 3.43. The van der Waals surface area contributed by atoms with Crippen LogP contribution in [-0.4, -0.2) is 74.3 Å². The number of ether oxygens (including phenoxy) is 2. The van der Waals surface area contributed by atoms with Gasteiger partial charge in [-0.25, -0.2) is 4.79 Å². The molecule has 6 aliphatic carbocycles. The van der Waals surface area contributed by atoms with Gasteiger partial charge in [-0.1, -0.05) is 60.1 Å². The van der Waals surface area contributed by atoms with Crippen molar-refractivity contribution >= 4 is 11.9 Å². The van der Waals surface area contributed by atoms with E-state index in [1.807, 2.05) is 0 Å². The van der Waals surface area contributed by atoms with Crippen molar-refractivity contribution in [2.45, 2.75) is 149 Å². The molecule has 6 fully saturated rings. The first-order chi connectivity index (χ1) is 21.7. The monoisotopic (exact) mass is 658 g/mol. The number of rotatable bonds is 4. The summed E-state index contributed by atoms with van der Waals surface area (Å²) in [5, 5.41) is 51.9. The summed E-state index contributed by atoms with van der Waals surface area (Å²) in [5.74, 6) is -0.430. The molecule has 264 valence electrons. The number of hydrogen-bond acceptors (Lipinski definition) is 7. The highest BCUT2D eigenvalue weighted by molar-refractivity contribution is 5.76. The Labute approximate surface area is 279 Å². The van der Waals surface area contributed by atoms with Gasteiger partial charge in [-0.05, 0) is 121 Å². The van der Waals surface area contributed by atoms with Gasteiger partial charge in [0.05, 0.1) is 11.5 Å². The highest BCUT2D eigenvalue weighted by atomic mass is 16.7. The van der Waals surface area contributed by atoms with Gasteiger partial charge in [0, 0.05) is 0 Å². The van der Waals surface area contributed by atoms with E-state index in [0.717, 1.165) is 64.2 Å². The van der Waals surface area contributed by atoms with E-state index in [2.05, 4.69) is 54.5 Å². The largest absolute Gasteiger partial charge is 0.481 e. The molecule has 0 radical (unpaired) electrons. The van der Waals surface area contributed by atoms with Gasteiger partial charge in [0.2, 0.25) is 0 Å². The fraction of sp³-hybridized carbons (Fsp3) is 0.895. The Hall–Kier alpha value is -1.52. The summed E-state index contributed by atoms with van der Waals surface area (Å²) in [7, 11) is 0. The summed E-state index contributed by atoms with van der Waals surface area (Å²) in [5.41, 5.74) is 0.564. The Morgan fingerprint density at radius 1 is 0.851 bits per heavy atom. The predicted molar refractivity (Wildman–Crippen MR) is 173 cm³/mol. The molecule has 0 amide bonds. The van der Waals surface area contributed by atoms with Crippen molar-refractivity contribution in [3.8, 4) is 0 Å². The molecule has 0 aromatic heterocycles. The number of aliphatic hydroxyl groups excluding tert-OH is 3. The highest BCUT2D eigenvalue weighted by Crippen LogP contribution is 2.79. The first kappa shape index (κ1) is 34.0. The molecule has 15 atom stereocenters. The van der Waals surface area contributed by atoms with E-state index in [1.165, 1.54) is 5.57 Å².